The molecule has 0 aliphatic carbocycles. The van der Waals surface area contributed by atoms with Gasteiger partial charge in [-0.15, -0.1) is 0 Å². The zero-order chi connectivity index (χ0) is 30.7. The minimum atomic E-state index is -5.95. The molecular weight excluding hydrogens is 564 g/mol. The van der Waals surface area contributed by atoms with Crippen molar-refractivity contribution in [2.75, 3.05) is 19.6 Å². The molecule has 1 atom stereocenters. The number of carbonyl (C=O) groups excluding carboxylic acids is 1. The van der Waals surface area contributed by atoms with E-state index in [-0.39, 0.29) is 12.1 Å². The van der Waals surface area contributed by atoms with Crippen LogP contribution in [0.3, 0.4) is 0 Å². The molecule has 42 heavy (non-hydrogen) atoms. The van der Waals surface area contributed by atoms with Crippen LogP contribution in [0.4, 0.5) is 26.3 Å². The van der Waals surface area contributed by atoms with Crippen molar-refractivity contribution in [3.05, 3.63) is 89.7 Å². The number of benzene rings is 2. The fourth-order valence-electron chi connectivity index (χ4n) is 4.92. The van der Waals surface area contributed by atoms with Crippen LogP contribution in [-0.2, 0) is 28.2 Å². The molecule has 0 unspecified atom stereocenters. The predicted molar refractivity (Wildman–Crippen MR) is 143 cm³/mol. The Balaban J connectivity index is 1.48. The molecule has 1 saturated heterocycles. The number of esters is 1. The maximum atomic E-state index is 13.2. The van der Waals surface area contributed by atoms with E-state index in [0.717, 1.165) is 29.8 Å². The number of nitrogens with zero attached hydrogens (tertiary/aromatic N) is 3. The summed E-state index contributed by atoms with van der Waals surface area (Å²) in [6.45, 7) is 6.48. The maximum absolute atomic E-state index is 13.2. The zero-order valence-electron chi connectivity index (χ0n) is 23.0. The Morgan fingerprint density at radius 2 is 1.38 bits per heavy atom. The summed E-state index contributed by atoms with van der Waals surface area (Å²) in [7, 11) is 0. The second-order valence-corrected chi connectivity index (χ2v) is 10.5. The monoisotopic (exact) mass is 595 g/mol. The Morgan fingerprint density at radius 3 is 1.90 bits per heavy atom. The van der Waals surface area contributed by atoms with Crippen molar-refractivity contribution in [1.29, 1.82) is 0 Å². The number of rotatable bonds is 8. The van der Waals surface area contributed by atoms with Gasteiger partial charge in [0.05, 0.1) is 6.10 Å². The summed E-state index contributed by atoms with van der Waals surface area (Å²) in [5, 5.41) is 9.61. The van der Waals surface area contributed by atoms with Gasteiger partial charge in [-0.1, -0.05) is 48.5 Å². The minimum Gasteiger partial charge on any atom is -0.462 e. The van der Waals surface area contributed by atoms with Crippen molar-refractivity contribution in [2.24, 2.45) is 0 Å². The van der Waals surface area contributed by atoms with Crippen LogP contribution in [0.15, 0.2) is 73.1 Å². The third-order valence-corrected chi connectivity index (χ3v) is 7.15. The van der Waals surface area contributed by atoms with E-state index in [1.54, 1.807) is 50.5 Å². The van der Waals surface area contributed by atoms with Crippen LogP contribution in [0.1, 0.15) is 30.5 Å². The number of piperazine rings is 1. The molecule has 1 aromatic heterocycles. The summed E-state index contributed by atoms with van der Waals surface area (Å²) in [5.41, 5.74) is -3.41. The van der Waals surface area contributed by atoms with E-state index in [4.69, 9.17) is 4.74 Å². The molecule has 12 heteroatoms. The molecular formula is C30H31F6N3O3. The molecule has 1 fully saturated rings. The Kier molecular flexibility index (Phi) is 9.29. The van der Waals surface area contributed by atoms with Crippen LogP contribution < -0.4 is 0 Å². The first kappa shape index (κ1) is 31.5. The van der Waals surface area contributed by atoms with Crippen molar-refractivity contribution >= 4 is 5.97 Å². The normalized spacial score (nSPS) is 17.4. The van der Waals surface area contributed by atoms with Crippen LogP contribution in [0, 0.1) is 0 Å². The maximum Gasteiger partial charge on any atom is 0.430 e. The molecule has 0 bridgehead atoms. The van der Waals surface area contributed by atoms with E-state index in [2.05, 4.69) is 9.88 Å². The van der Waals surface area contributed by atoms with Gasteiger partial charge in [0.15, 0.2) is 0 Å². The number of ether oxygens (including phenoxy) is 1. The molecule has 0 amide bonds. The highest BCUT2D eigenvalue weighted by Gasteiger charge is 2.71. The van der Waals surface area contributed by atoms with Crippen LogP contribution >= 0.6 is 0 Å². The summed E-state index contributed by atoms with van der Waals surface area (Å²) >= 11 is 0. The van der Waals surface area contributed by atoms with E-state index < -0.39 is 29.6 Å². The Hall–Kier alpha value is -3.48. The topological polar surface area (TPSA) is 65.9 Å². The largest absolute Gasteiger partial charge is 0.462 e. The molecule has 3 aromatic rings. The summed E-state index contributed by atoms with van der Waals surface area (Å²) in [6, 6.07) is 13.8. The summed E-state index contributed by atoms with van der Waals surface area (Å²) in [5.74, 6) is -0.321. The molecule has 2 aromatic carbocycles. The summed E-state index contributed by atoms with van der Waals surface area (Å²) in [4.78, 5) is 21.3. The number of aromatic nitrogens is 1. The van der Waals surface area contributed by atoms with Gasteiger partial charge >= 0.3 is 18.3 Å². The lowest BCUT2D eigenvalue weighted by Gasteiger charge is -2.40. The lowest BCUT2D eigenvalue weighted by molar-refractivity contribution is -0.376. The molecule has 0 spiro atoms. The zero-order valence-corrected chi connectivity index (χ0v) is 23.0. The molecule has 6 nitrogen and oxygen atoms in total. The average Bonchev–Trinajstić information content (AvgIpc) is 2.93. The van der Waals surface area contributed by atoms with Crippen LogP contribution in [0.2, 0.25) is 0 Å². The van der Waals surface area contributed by atoms with E-state index in [1.165, 1.54) is 0 Å². The number of carbonyl (C=O) groups is 1. The second kappa shape index (κ2) is 12.4. The Labute approximate surface area is 239 Å². The van der Waals surface area contributed by atoms with Crippen molar-refractivity contribution in [3.63, 3.8) is 0 Å². The number of alkyl halides is 6. The van der Waals surface area contributed by atoms with Crippen molar-refractivity contribution in [3.8, 4) is 11.1 Å². The standard InChI is InChI=1S/C30H31F6N3O3/c1-20(2)42-27(40)26-19-38(17-22-11-13-37-14-12-22)15-16-39(26)18-21-3-5-23(6-4-21)24-7-9-25(10-8-24)28(41,29(31,32)33)30(34,35)36/h3-14,20,26,41H,15-19H2,1-2H3/t26-/m0/s1. The Morgan fingerprint density at radius 1 is 0.857 bits per heavy atom. The van der Waals surface area contributed by atoms with Crippen LogP contribution in [0.25, 0.3) is 11.1 Å². The number of hydrogen-bond acceptors (Lipinski definition) is 6. The predicted octanol–water partition coefficient (Wildman–Crippen LogP) is 5.70. The van der Waals surface area contributed by atoms with E-state index in [0.29, 0.717) is 49.4 Å². The third kappa shape index (κ3) is 6.93. The smallest absolute Gasteiger partial charge is 0.430 e. The lowest BCUT2D eigenvalue weighted by atomic mass is 9.90. The average molecular weight is 596 g/mol. The summed E-state index contributed by atoms with van der Waals surface area (Å²) in [6.07, 6.45) is -8.72. The highest BCUT2D eigenvalue weighted by molar-refractivity contribution is 5.76. The number of aliphatic hydroxyl groups is 1. The SMILES string of the molecule is CC(C)OC(=O)[C@@H]1CN(Cc2ccncc2)CCN1Cc1ccc(-c2ccc(C(O)(C(F)(F)F)C(F)(F)F)cc2)cc1. The van der Waals surface area contributed by atoms with Gasteiger partial charge in [-0.05, 0) is 48.2 Å². The molecule has 1 aliphatic rings. The third-order valence-electron chi connectivity index (χ3n) is 7.15. The van der Waals surface area contributed by atoms with Crippen molar-refractivity contribution in [1.82, 2.24) is 14.8 Å². The number of pyridine rings is 1. The first-order valence-electron chi connectivity index (χ1n) is 13.3. The van der Waals surface area contributed by atoms with Gasteiger partial charge < -0.3 is 9.84 Å². The summed E-state index contributed by atoms with van der Waals surface area (Å²) < 4.78 is 84.7. The molecule has 1 N–H and O–H groups in total. The number of hydrogen-bond donors (Lipinski definition) is 1. The van der Waals surface area contributed by atoms with E-state index >= 15 is 0 Å². The first-order chi connectivity index (χ1) is 19.7. The van der Waals surface area contributed by atoms with Gasteiger partial charge in [-0.3, -0.25) is 19.6 Å². The molecule has 2 heterocycles. The van der Waals surface area contributed by atoms with E-state index in [1.807, 2.05) is 17.0 Å². The van der Waals surface area contributed by atoms with Gasteiger partial charge in [0, 0.05) is 50.7 Å². The fraction of sp³-hybridized carbons (Fsp3) is 0.400. The lowest BCUT2D eigenvalue weighted by Crippen LogP contribution is -2.56. The van der Waals surface area contributed by atoms with Crippen molar-refractivity contribution in [2.45, 2.75) is 57.0 Å². The molecule has 1 aliphatic heterocycles. The van der Waals surface area contributed by atoms with Crippen LogP contribution in [-0.4, -0.2) is 70.0 Å². The highest BCUT2D eigenvalue weighted by atomic mass is 19.4. The van der Waals surface area contributed by atoms with Gasteiger partial charge in [0.25, 0.3) is 5.60 Å². The van der Waals surface area contributed by atoms with Gasteiger partial charge in [0.1, 0.15) is 6.04 Å². The van der Waals surface area contributed by atoms with E-state index in [9.17, 15) is 36.2 Å². The Bertz CT molecular complexity index is 1320. The van der Waals surface area contributed by atoms with Crippen molar-refractivity contribution < 1.29 is 41.0 Å². The van der Waals surface area contributed by atoms with Gasteiger partial charge in [-0.25, -0.2) is 0 Å². The molecule has 0 saturated carbocycles. The molecule has 0 radical (unpaired) electrons. The first-order valence-corrected chi connectivity index (χ1v) is 13.3. The quantitative estimate of drug-likeness (QED) is 0.266. The molecule has 4 rings (SSSR count). The minimum absolute atomic E-state index is 0.274. The van der Waals surface area contributed by atoms with Crippen LogP contribution in [0.5, 0.6) is 0 Å². The molecule has 226 valence electrons. The highest BCUT2D eigenvalue weighted by Crippen LogP contribution is 2.50. The second-order valence-electron chi connectivity index (χ2n) is 10.5. The number of halogens is 6. The van der Waals surface area contributed by atoms with Gasteiger partial charge in [0.2, 0.25) is 0 Å². The fourth-order valence-corrected chi connectivity index (χ4v) is 4.92. The van der Waals surface area contributed by atoms with Gasteiger partial charge in [-0.2, -0.15) is 26.3 Å².